The smallest absolute Gasteiger partial charge is 0.183 e. The van der Waals surface area contributed by atoms with Gasteiger partial charge in [0.2, 0.25) is 0 Å². The van der Waals surface area contributed by atoms with Crippen LogP contribution in [0.25, 0.3) is 0 Å². The van der Waals surface area contributed by atoms with E-state index in [0.717, 1.165) is 35.1 Å². The number of ketones is 1. The number of aryl methyl sites for hydroxylation is 1. The van der Waals surface area contributed by atoms with Gasteiger partial charge in [-0.05, 0) is 13.3 Å². The number of hydrogen-bond acceptors (Lipinski definition) is 4. The molecule has 86 valence electrons. The number of aromatic nitrogens is 1. The van der Waals surface area contributed by atoms with Crippen molar-refractivity contribution in [2.24, 2.45) is 0 Å². The first-order valence-corrected chi connectivity index (χ1v) is 5.69. The molecule has 1 rings (SSSR count). The molecule has 0 aliphatic carbocycles. The van der Waals surface area contributed by atoms with E-state index in [1.165, 1.54) is 11.3 Å². The van der Waals surface area contributed by atoms with Crippen molar-refractivity contribution >= 4 is 34.7 Å². The van der Waals surface area contributed by atoms with Crippen LogP contribution in [-0.2, 0) is 0 Å². The van der Waals surface area contributed by atoms with Crippen LogP contribution < -0.4 is 5.32 Å². The summed E-state index contributed by atoms with van der Waals surface area (Å²) in [5.41, 5.74) is 0.835. The first-order chi connectivity index (χ1) is 6.65. The monoisotopic (exact) mass is 248 g/mol. The van der Waals surface area contributed by atoms with Gasteiger partial charge < -0.3 is 5.32 Å². The fraction of sp³-hybridized carbons (Fsp3) is 0.600. The van der Waals surface area contributed by atoms with E-state index in [1.54, 1.807) is 6.92 Å². The van der Waals surface area contributed by atoms with Gasteiger partial charge >= 0.3 is 0 Å². The Morgan fingerprint density at radius 2 is 2.20 bits per heavy atom. The minimum Gasteiger partial charge on any atom is -0.361 e. The van der Waals surface area contributed by atoms with Crippen LogP contribution in [0.2, 0.25) is 0 Å². The number of nitrogens with zero attached hydrogens (tertiary/aromatic N) is 1. The zero-order valence-corrected chi connectivity index (χ0v) is 10.9. The van der Waals surface area contributed by atoms with Crippen LogP contribution in [0.15, 0.2) is 0 Å². The van der Waals surface area contributed by atoms with Gasteiger partial charge in [0, 0.05) is 13.5 Å². The van der Waals surface area contributed by atoms with E-state index in [-0.39, 0.29) is 18.2 Å². The van der Waals surface area contributed by atoms with E-state index in [4.69, 9.17) is 0 Å². The quantitative estimate of drug-likeness (QED) is 0.642. The van der Waals surface area contributed by atoms with Crippen LogP contribution in [0.4, 0.5) is 5.13 Å². The number of carbonyl (C=O) groups excluding carboxylic acids is 1. The van der Waals surface area contributed by atoms with Gasteiger partial charge in [-0.15, -0.1) is 12.4 Å². The van der Waals surface area contributed by atoms with Crippen LogP contribution >= 0.6 is 23.7 Å². The van der Waals surface area contributed by atoms with Crippen LogP contribution in [0, 0.1) is 6.92 Å². The minimum absolute atomic E-state index is 0. The molecule has 0 aliphatic heterocycles. The number of halogens is 1. The van der Waals surface area contributed by atoms with Crippen molar-refractivity contribution in [2.45, 2.75) is 33.6 Å². The van der Waals surface area contributed by atoms with E-state index in [1.807, 2.05) is 6.92 Å². The number of thiazole rings is 1. The molecule has 0 atom stereocenters. The second-order valence-corrected chi connectivity index (χ2v) is 4.27. The fourth-order valence-electron chi connectivity index (χ4n) is 1.17. The predicted octanol–water partition coefficient (Wildman–Crippen LogP) is 3.29. The highest BCUT2D eigenvalue weighted by atomic mass is 35.5. The first-order valence-electron chi connectivity index (χ1n) is 4.87. The summed E-state index contributed by atoms with van der Waals surface area (Å²) >= 11 is 1.45. The maximum atomic E-state index is 11.2. The summed E-state index contributed by atoms with van der Waals surface area (Å²) in [4.78, 5) is 16.2. The maximum absolute atomic E-state index is 11.2. The lowest BCUT2D eigenvalue weighted by Crippen LogP contribution is -1.99. The Kier molecular flexibility index (Phi) is 6.52. The summed E-state index contributed by atoms with van der Waals surface area (Å²) in [7, 11) is 0. The Bertz CT molecular complexity index is 325. The lowest BCUT2D eigenvalue weighted by molar-refractivity contribution is 0.102. The Hall–Kier alpha value is -0.610. The van der Waals surface area contributed by atoms with Gasteiger partial charge in [-0.3, -0.25) is 4.79 Å². The summed E-state index contributed by atoms with van der Waals surface area (Å²) < 4.78 is 0. The van der Waals surface area contributed by atoms with Gasteiger partial charge in [-0.1, -0.05) is 24.7 Å². The van der Waals surface area contributed by atoms with Crippen LogP contribution in [0.5, 0.6) is 0 Å². The Labute approximate surface area is 101 Å². The average molecular weight is 249 g/mol. The van der Waals surface area contributed by atoms with Gasteiger partial charge in [0.25, 0.3) is 0 Å². The van der Waals surface area contributed by atoms with E-state index in [2.05, 4.69) is 17.2 Å². The normalized spacial score (nSPS) is 9.53. The summed E-state index contributed by atoms with van der Waals surface area (Å²) in [6.45, 7) is 6.53. The summed E-state index contributed by atoms with van der Waals surface area (Å²) in [5, 5.41) is 4.08. The van der Waals surface area contributed by atoms with Gasteiger partial charge in [0.15, 0.2) is 10.9 Å². The Balaban J connectivity index is 0.00000196. The van der Waals surface area contributed by atoms with Crippen molar-refractivity contribution in [2.75, 3.05) is 11.9 Å². The highest BCUT2D eigenvalue weighted by Gasteiger charge is 2.10. The van der Waals surface area contributed by atoms with Gasteiger partial charge in [-0.2, -0.15) is 0 Å². The number of hydrogen-bond donors (Lipinski definition) is 1. The minimum atomic E-state index is 0. The topological polar surface area (TPSA) is 42.0 Å². The van der Waals surface area contributed by atoms with Gasteiger partial charge in [-0.25, -0.2) is 4.98 Å². The highest BCUT2D eigenvalue weighted by Crippen LogP contribution is 2.22. The molecular weight excluding hydrogens is 232 g/mol. The molecular formula is C10H17ClN2OS. The molecule has 0 saturated carbocycles. The Morgan fingerprint density at radius 1 is 1.53 bits per heavy atom. The fourth-order valence-corrected chi connectivity index (χ4v) is 2.06. The van der Waals surface area contributed by atoms with Crippen LogP contribution in [0.1, 0.15) is 42.1 Å². The standard InChI is InChI=1S/C10H16N2OS.ClH/c1-4-5-6-11-10-12-7(2)9(14-10)8(3)13;/h4-6H2,1-3H3,(H,11,12);1H. The number of unbranched alkanes of at least 4 members (excludes halogenated alkanes) is 1. The van der Waals surface area contributed by atoms with E-state index in [9.17, 15) is 4.79 Å². The molecule has 1 aromatic heterocycles. The van der Waals surface area contributed by atoms with Crippen molar-refractivity contribution in [3.63, 3.8) is 0 Å². The second kappa shape index (κ2) is 6.80. The maximum Gasteiger partial charge on any atom is 0.183 e. The third-order valence-electron chi connectivity index (χ3n) is 1.92. The van der Waals surface area contributed by atoms with Crippen molar-refractivity contribution < 1.29 is 4.79 Å². The third-order valence-corrected chi connectivity index (χ3v) is 3.14. The van der Waals surface area contributed by atoms with Crippen molar-refractivity contribution in [1.29, 1.82) is 0 Å². The molecule has 5 heteroatoms. The third kappa shape index (κ3) is 4.18. The van der Waals surface area contributed by atoms with Crippen molar-refractivity contribution in [3.8, 4) is 0 Å². The van der Waals surface area contributed by atoms with Gasteiger partial charge in [0.1, 0.15) is 0 Å². The molecule has 0 aromatic carbocycles. The predicted molar refractivity (Wildman–Crippen MR) is 67.5 cm³/mol. The van der Waals surface area contributed by atoms with E-state index in [0.29, 0.717) is 0 Å². The van der Waals surface area contributed by atoms with E-state index >= 15 is 0 Å². The molecule has 1 aromatic rings. The van der Waals surface area contributed by atoms with Crippen LogP contribution in [-0.4, -0.2) is 17.3 Å². The van der Waals surface area contributed by atoms with Crippen LogP contribution in [0.3, 0.4) is 0 Å². The highest BCUT2D eigenvalue weighted by molar-refractivity contribution is 7.17. The lowest BCUT2D eigenvalue weighted by Gasteiger charge is -1.98. The molecule has 3 nitrogen and oxygen atoms in total. The molecule has 0 fully saturated rings. The Morgan fingerprint density at radius 3 is 2.67 bits per heavy atom. The number of anilines is 1. The number of Topliss-reactive ketones (excluding diaryl/α,β-unsaturated/α-hetero) is 1. The molecule has 0 amide bonds. The molecule has 0 unspecified atom stereocenters. The molecule has 0 saturated heterocycles. The van der Waals surface area contributed by atoms with Gasteiger partial charge in [0.05, 0.1) is 10.6 Å². The molecule has 0 aliphatic rings. The summed E-state index contributed by atoms with van der Waals surface area (Å²) in [6.07, 6.45) is 2.30. The van der Waals surface area contributed by atoms with Crippen molar-refractivity contribution in [3.05, 3.63) is 10.6 Å². The molecule has 0 radical (unpaired) electrons. The van der Waals surface area contributed by atoms with Crippen molar-refractivity contribution in [1.82, 2.24) is 4.98 Å². The zero-order valence-electron chi connectivity index (χ0n) is 9.29. The lowest BCUT2D eigenvalue weighted by atomic mass is 10.3. The second-order valence-electron chi connectivity index (χ2n) is 3.27. The summed E-state index contributed by atoms with van der Waals surface area (Å²) in [5.74, 6) is 0.101. The SMILES string of the molecule is CCCCNc1nc(C)c(C(C)=O)s1.Cl. The van der Waals surface area contributed by atoms with E-state index < -0.39 is 0 Å². The number of rotatable bonds is 5. The number of carbonyl (C=O) groups is 1. The first kappa shape index (κ1) is 14.4. The largest absolute Gasteiger partial charge is 0.361 e. The molecule has 1 heterocycles. The molecule has 0 spiro atoms. The molecule has 15 heavy (non-hydrogen) atoms. The number of nitrogens with one attached hydrogen (secondary N) is 1. The average Bonchev–Trinajstić information content (AvgIpc) is 2.47. The summed E-state index contributed by atoms with van der Waals surface area (Å²) in [6, 6.07) is 0. The zero-order chi connectivity index (χ0) is 10.6. The molecule has 0 bridgehead atoms. The molecule has 1 N–H and O–H groups in total.